The normalized spacial score (nSPS) is 21.3. The Labute approximate surface area is 98.4 Å². The third-order valence-electron chi connectivity index (χ3n) is 2.53. The lowest BCUT2D eigenvalue weighted by Crippen LogP contribution is -2.38. The molecule has 0 radical (unpaired) electrons. The number of pyridine rings is 1. The monoisotopic (exact) mass is 270 g/mol. The number of piperidine rings is 1. The van der Waals surface area contributed by atoms with Gasteiger partial charge in [0.25, 0.3) is 0 Å². The van der Waals surface area contributed by atoms with Gasteiger partial charge >= 0.3 is 0 Å². The number of aromatic nitrogens is 1. The molecular weight excluding hydrogens is 256 g/mol. The van der Waals surface area contributed by atoms with Crippen LogP contribution >= 0.6 is 15.9 Å². The molecule has 82 valence electrons. The van der Waals surface area contributed by atoms with E-state index in [0.29, 0.717) is 18.5 Å². The lowest BCUT2D eigenvalue weighted by atomic mass is 10.1. The number of ether oxygens (including phenoxy) is 1. The number of rotatable bonds is 3. The van der Waals surface area contributed by atoms with E-state index in [1.807, 2.05) is 18.2 Å². The Balaban J connectivity index is 1.81. The maximum atomic E-state index is 5.62. The van der Waals surface area contributed by atoms with E-state index < -0.39 is 0 Å². The first-order valence-electron chi connectivity index (χ1n) is 5.33. The van der Waals surface area contributed by atoms with Crippen molar-refractivity contribution in [3.63, 3.8) is 0 Å². The van der Waals surface area contributed by atoms with Gasteiger partial charge in [-0.3, -0.25) is 0 Å². The molecule has 2 rings (SSSR count). The second kappa shape index (κ2) is 5.47. The van der Waals surface area contributed by atoms with Crippen LogP contribution in [0.3, 0.4) is 0 Å². The summed E-state index contributed by atoms with van der Waals surface area (Å²) in [6.07, 6.45) is 3.78. The van der Waals surface area contributed by atoms with Crippen LogP contribution in [-0.4, -0.2) is 24.2 Å². The number of nitrogens with zero attached hydrogens (tertiary/aromatic N) is 1. The standard InChI is InChI=1S/C11H15BrN2O/c12-10-5-3-6-11(14-10)15-8-9-4-1-2-7-13-9/h3,5-6,9,13H,1-2,4,7-8H2. The molecule has 1 aliphatic rings. The largest absolute Gasteiger partial charge is 0.476 e. The van der Waals surface area contributed by atoms with Crippen LogP contribution in [0.25, 0.3) is 0 Å². The number of hydrogen-bond acceptors (Lipinski definition) is 3. The zero-order valence-electron chi connectivity index (χ0n) is 8.58. The van der Waals surface area contributed by atoms with Gasteiger partial charge in [0.05, 0.1) is 0 Å². The molecule has 15 heavy (non-hydrogen) atoms. The SMILES string of the molecule is Brc1cccc(OCC2CCCCN2)n1. The van der Waals surface area contributed by atoms with E-state index in [-0.39, 0.29) is 0 Å². The Morgan fingerprint density at radius 3 is 3.13 bits per heavy atom. The molecule has 0 bridgehead atoms. The second-order valence-electron chi connectivity index (χ2n) is 3.76. The maximum absolute atomic E-state index is 5.62. The van der Waals surface area contributed by atoms with E-state index >= 15 is 0 Å². The van der Waals surface area contributed by atoms with Crippen LogP contribution in [-0.2, 0) is 0 Å². The quantitative estimate of drug-likeness (QED) is 0.857. The average molecular weight is 271 g/mol. The summed E-state index contributed by atoms with van der Waals surface area (Å²) in [6.45, 7) is 1.82. The molecule has 0 spiro atoms. The Kier molecular flexibility index (Phi) is 3.97. The van der Waals surface area contributed by atoms with Crippen molar-refractivity contribution in [2.45, 2.75) is 25.3 Å². The molecule has 1 unspecified atom stereocenters. The van der Waals surface area contributed by atoms with Gasteiger partial charge in [0.15, 0.2) is 0 Å². The highest BCUT2D eigenvalue weighted by Gasteiger charge is 2.12. The second-order valence-corrected chi connectivity index (χ2v) is 4.57. The van der Waals surface area contributed by atoms with Crippen molar-refractivity contribution in [2.24, 2.45) is 0 Å². The molecule has 1 aromatic heterocycles. The molecule has 3 nitrogen and oxygen atoms in total. The summed E-state index contributed by atoms with van der Waals surface area (Å²) < 4.78 is 6.44. The Morgan fingerprint density at radius 1 is 1.47 bits per heavy atom. The van der Waals surface area contributed by atoms with Crippen LogP contribution in [0.5, 0.6) is 5.88 Å². The molecular formula is C11H15BrN2O. The fraction of sp³-hybridized carbons (Fsp3) is 0.545. The van der Waals surface area contributed by atoms with Crippen molar-refractivity contribution >= 4 is 15.9 Å². The number of hydrogen-bond donors (Lipinski definition) is 1. The third kappa shape index (κ3) is 3.47. The number of nitrogens with one attached hydrogen (secondary N) is 1. The van der Waals surface area contributed by atoms with Gasteiger partial charge in [-0.1, -0.05) is 12.5 Å². The lowest BCUT2D eigenvalue weighted by molar-refractivity contribution is 0.232. The molecule has 0 aliphatic carbocycles. The van der Waals surface area contributed by atoms with Gasteiger partial charge in [0.2, 0.25) is 5.88 Å². The molecule has 1 aliphatic heterocycles. The van der Waals surface area contributed by atoms with E-state index in [0.717, 1.165) is 11.1 Å². The summed E-state index contributed by atoms with van der Waals surface area (Å²) in [4.78, 5) is 4.22. The molecule has 4 heteroatoms. The Bertz CT molecular complexity index is 313. The van der Waals surface area contributed by atoms with Crippen molar-refractivity contribution in [1.82, 2.24) is 10.3 Å². The molecule has 0 amide bonds. The average Bonchev–Trinajstić information content (AvgIpc) is 2.28. The highest BCUT2D eigenvalue weighted by Crippen LogP contribution is 2.13. The molecule has 0 aromatic carbocycles. The first kappa shape index (κ1) is 10.9. The van der Waals surface area contributed by atoms with E-state index in [1.54, 1.807) is 0 Å². The minimum atomic E-state index is 0.486. The molecule has 1 N–H and O–H groups in total. The van der Waals surface area contributed by atoms with E-state index in [1.165, 1.54) is 19.3 Å². The molecule has 2 heterocycles. The molecule has 1 aromatic rings. The van der Waals surface area contributed by atoms with E-state index in [2.05, 4.69) is 26.2 Å². The first-order valence-corrected chi connectivity index (χ1v) is 6.12. The summed E-state index contributed by atoms with van der Waals surface area (Å²) >= 11 is 3.32. The fourth-order valence-corrected chi connectivity index (χ4v) is 2.05. The van der Waals surface area contributed by atoms with Gasteiger partial charge in [-0.05, 0) is 41.4 Å². The maximum Gasteiger partial charge on any atom is 0.214 e. The highest BCUT2D eigenvalue weighted by molar-refractivity contribution is 9.10. The summed E-state index contributed by atoms with van der Waals surface area (Å²) in [5, 5.41) is 3.44. The smallest absolute Gasteiger partial charge is 0.214 e. The number of halogens is 1. The van der Waals surface area contributed by atoms with Crippen LogP contribution in [0.1, 0.15) is 19.3 Å². The van der Waals surface area contributed by atoms with E-state index in [9.17, 15) is 0 Å². The van der Waals surface area contributed by atoms with Gasteiger partial charge in [-0.15, -0.1) is 0 Å². The van der Waals surface area contributed by atoms with Crippen molar-refractivity contribution < 1.29 is 4.74 Å². The molecule has 1 fully saturated rings. The molecule has 1 atom stereocenters. The van der Waals surface area contributed by atoms with Crippen LogP contribution in [0, 0.1) is 0 Å². The summed E-state index contributed by atoms with van der Waals surface area (Å²) in [5.74, 6) is 0.691. The van der Waals surface area contributed by atoms with Crippen molar-refractivity contribution in [3.05, 3.63) is 22.8 Å². The minimum absolute atomic E-state index is 0.486. The van der Waals surface area contributed by atoms with Crippen LogP contribution in [0.2, 0.25) is 0 Å². The minimum Gasteiger partial charge on any atom is -0.476 e. The van der Waals surface area contributed by atoms with Crippen LogP contribution in [0.4, 0.5) is 0 Å². The van der Waals surface area contributed by atoms with Crippen molar-refractivity contribution in [3.8, 4) is 5.88 Å². The predicted molar refractivity (Wildman–Crippen MR) is 63.1 cm³/mol. The van der Waals surface area contributed by atoms with Crippen LogP contribution in [0.15, 0.2) is 22.8 Å². The summed E-state index contributed by atoms with van der Waals surface area (Å²) in [5.41, 5.74) is 0. The highest BCUT2D eigenvalue weighted by atomic mass is 79.9. The Hall–Kier alpha value is -0.610. The molecule has 0 saturated carbocycles. The van der Waals surface area contributed by atoms with E-state index in [4.69, 9.17) is 4.74 Å². The summed E-state index contributed by atoms with van der Waals surface area (Å²) in [7, 11) is 0. The van der Waals surface area contributed by atoms with Gasteiger partial charge in [0.1, 0.15) is 11.2 Å². The first-order chi connectivity index (χ1) is 7.34. The molecule has 1 saturated heterocycles. The zero-order chi connectivity index (χ0) is 10.5. The van der Waals surface area contributed by atoms with Crippen molar-refractivity contribution in [2.75, 3.05) is 13.2 Å². The Morgan fingerprint density at radius 2 is 2.40 bits per heavy atom. The topological polar surface area (TPSA) is 34.1 Å². The zero-order valence-corrected chi connectivity index (χ0v) is 10.2. The van der Waals surface area contributed by atoms with Crippen molar-refractivity contribution in [1.29, 1.82) is 0 Å². The lowest BCUT2D eigenvalue weighted by Gasteiger charge is -2.23. The van der Waals surface area contributed by atoms with Gasteiger partial charge in [-0.2, -0.15) is 0 Å². The third-order valence-corrected chi connectivity index (χ3v) is 2.98. The van der Waals surface area contributed by atoms with Gasteiger partial charge in [0, 0.05) is 12.1 Å². The van der Waals surface area contributed by atoms with Gasteiger partial charge in [-0.25, -0.2) is 4.98 Å². The summed E-state index contributed by atoms with van der Waals surface area (Å²) in [6, 6.07) is 6.19. The van der Waals surface area contributed by atoms with Crippen LogP contribution < -0.4 is 10.1 Å². The predicted octanol–water partition coefficient (Wildman–Crippen LogP) is 2.36. The fourth-order valence-electron chi connectivity index (χ4n) is 1.72. The van der Waals surface area contributed by atoms with Gasteiger partial charge < -0.3 is 10.1 Å².